The molecule has 2 N–H and O–H groups in total. The molecule has 0 saturated carbocycles. The molecule has 0 spiro atoms. The van der Waals surface area contributed by atoms with Crippen LogP contribution in [0.25, 0.3) is 0 Å². The molecule has 1 amide bonds. The fourth-order valence-electron chi connectivity index (χ4n) is 2.32. The highest BCUT2D eigenvalue weighted by Gasteiger charge is 2.07. The zero-order chi connectivity index (χ0) is 18.4. The summed E-state index contributed by atoms with van der Waals surface area (Å²) in [7, 11) is 1.55. The number of ether oxygens (including phenoxy) is 1. The number of rotatable bonds is 5. The van der Waals surface area contributed by atoms with Gasteiger partial charge in [0.2, 0.25) is 0 Å². The first-order valence-electron chi connectivity index (χ1n) is 7.86. The Morgan fingerprint density at radius 2 is 1.92 bits per heavy atom. The normalized spacial score (nSPS) is 9.85. The predicted molar refractivity (Wildman–Crippen MR) is 99.6 cm³/mol. The molecule has 2 aromatic carbocycles. The molecule has 0 bridgehead atoms. The SMILES string of the molecule is COc1cccc(C(=O)Nc2ccc(Nc3cccc(C#N)c3)nc2)c1. The van der Waals surface area contributed by atoms with Crippen LogP contribution in [0.1, 0.15) is 15.9 Å². The van der Waals surface area contributed by atoms with Crippen molar-refractivity contribution in [1.29, 1.82) is 5.26 Å². The minimum Gasteiger partial charge on any atom is -0.497 e. The lowest BCUT2D eigenvalue weighted by Gasteiger charge is -2.09. The van der Waals surface area contributed by atoms with Crippen LogP contribution in [0.4, 0.5) is 17.2 Å². The van der Waals surface area contributed by atoms with Crippen LogP contribution in [0.5, 0.6) is 5.75 Å². The first-order chi connectivity index (χ1) is 12.7. The molecule has 0 fully saturated rings. The van der Waals surface area contributed by atoms with Crippen LogP contribution < -0.4 is 15.4 Å². The zero-order valence-corrected chi connectivity index (χ0v) is 14.1. The highest BCUT2D eigenvalue weighted by atomic mass is 16.5. The summed E-state index contributed by atoms with van der Waals surface area (Å²) >= 11 is 0. The van der Waals surface area contributed by atoms with Gasteiger partial charge >= 0.3 is 0 Å². The lowest BCUT2D eigenvalue weighted by Crippen LogP contribution is -2.12. The molecule has 0 aliphatic heterocycles. The highest BCUT2D eigenvalue weighted by Crippen LogP contribution is 2.18. The van der Waals surface area contributed by atoms with Crippen molar-refractivity contribution in [2.45, 2.75) is 0 Å². The van der Waals surface area contributed by atoms with Gasteiger partial charge < -0.3 is 15.4 Å². The Morgan fingerprint density at radius 1 is 1.08 bits per heavy atom. The number of pyridine rings is 1. The molecule has 3 rings (SSSR count). The van der Waals surface area contributed by atoms with Gasteiger partial charge in [-0.2, -0.15) is 5.26 Å². The average Bonchev–Trinajstić information content (AvgIpc) is 2.69. The number of methoxy groups -OCH3 is 1. The molecule has 0 radical (unpaired) electrons. The summed E-state index contributed by atoms with van der Waals surface area (Å²) in [5, 5.41) is 14.8. The molecule has 128 valence electrons. The third-order valence-corrected chi connectivity index (χ3v) is 3.62. The zero-order valence-electron chi connectivity index (χ0n) is 14.1. The van der Waals surface area contributed by atoms with E-state index in [1.807, 2.05) is 6.07 Å². The minimum absolute atomic E-state index is 0.242. The Morgan fingerprint density at radius 3 is 2.65 bits per heavy atom. The third-order valence-electron chi connectivity index (χ3n) is 3.62. The maximum absolute atomic E-state index is 12.3. The van der Waals surface area contributed by atoms with Gasteiger partial charge in [-0.1, -0.05) is 12.1 Å². The molecule has 26 heavy (non-hydrogen) atoms. The van der Waals surface area contributed by atoms with Crippen LogP contribution in [0.3, 0.4) is 0 Å². The molecule has 0 unspecified atom stereocenters. The van der Waals surface area contributed by atoms with Gasteiger partial charge in [-0.25, -0.2) is 4.98 Å². The lowest BCUT2D eigenvalue weighted by atomic mass is 10.2. The highest BCUT2D eigenvalue weighted by molar-refractivity contribution is 6.04. The summed E-state index contributed by atoms with van der Waals surface area (Å²) in [4.78, 5) is 16.6. The quantitative estimate of drug-likeness (QED) is 0.731. The number of aromatic nitrogens is 1. The molecule has 0 saturated heterocycles. The summed E-state index contributed by atoms with van der Waals surface area (Å²) in [5.41, 5.74) is 2.41. The maximum Gasteiger partial charge on any atom is 0.255 e. The number of hydrogen-bond acceptors (Lipinski definition) is 5. The van der Waals surface area contributed by atoms with Crippen molar-refractivity contribution in [3.63, 3.8) is 0 Å². The first kappa shape index (κ1) is 17.0. The standard InChI is InChI=1S/C20H16N4O2/c1-26-18-7-3-5-15(11-18)20(25)24-17-8-9-19(22-13-17)23-16-6-2-4-14(10-16)12-21/h2-11,13H,1H3,(H,22,23)(H,24,25). The van der Waals surface area contributed by atoms with E-state index in [1.165, 1.54) is 0 Å². The number of carbonyl (C=O) groups excluding carboxylic acids is 1. The van der Waals surface area contributed by atoms with Crippen molar-refractivity contribution in [2.75, 3.05) is 17.7 Å². The first-order valence-corrected chi connectivity index (χ1v) is 7.86. The number of carbonyl (C=O) groups is 1. The van der Waals surface area contributed by atoms with Gasteiger partial charge in [-0.15, -0.1) is 0 Å². The van der Waals surface area contributed by atoms with E-state index in [1.54, 1.807) is 67.9 Å². The second-order valence-corrected chi connectivity index (χ2v) is 5.44. The number of amides is 1. The smallest absolute Gasteiger partial charge is 0.255 e. The Bertz CT molecular complexity index is 962. The molecular weight excluding hydrogens is 328 g/mol. The van der Waals surface area contributed by atoms with Gasteiger partial charge in [-0.3, -0.25) is 4.79 Å². The summed E-state index contributed by atoms with van der Waals surface area (Å²) < 4.78 is 5.12. The maximum atomic E-state index is 12.3. The van der Waals surface area contributed by atoms with Crippen molar-refractivity contribution in [2.24, 2.45) is 0 Å². The van der Waals surface area contributed by atoms with Gasteiger partial charge in [0, 0.05) is 11.3 Å². The Hall–Kier alpha value is -3.85. The summed E-state index contributed by atoms with van der Waals surface area (Å²) in [6.45, 7) is 0. The fourth-order valence-corrected chi connectivity index (χ4v) is 2.32. The van der Waals surface area contributed by atoms with E-state index in [9.17, 15) is 4.79 Å². The molecule has 0 atom stereocenters. The van der Waals surface area contributed by atoms with Gasteiger partial charge in [0.05, 0.1) is 30.6 Å². The fraction of sp³-hybridized carbons (Fsp3) is 0.0500. The molecular formula is C20H16N4O2. The van der Waals surface area contributed by atoms with Crippen LogP contribution in [0.2, 0.25) is 0 Å². The van der Waals surface area contributed by atoms with Crippen LogP contribution in [0, 0.1) is 11.3 Å². The summed E-state index contributed by atoms with van der Waals surface area (Å²) in [6.07, 6.45) is 1.56. The number of nitrogens with zero attached hydrogens (tertiary/aromatic N) is 2. The average molecular weight is 344 g/mol. The van der Waals surface area contributed by atoms with Gasteiger partial charge in [0.25, 0.3) is 5.91 Å². The van der Waals surface area contributed by atoms with Gasteiger partial charge in [0.1, 0.15) is 11.6 Å². The number of benzene rings is 2. The van der Waals surface area contributed by atoms with E-state index in [0.717, 1.165) is 5.69 Å². The van der Waals surface area contributed by atoms with Crippen LogP contribution in [-0.2, 0) is 0 Å². The van der Waals surface area contributed by atoms with Gasteiger partial charge in [-0.05, 0) is 48.5 Å². The molecule has 1 aromatic heterocycles. The van der Waals surface area contributed by atoms with Crippen molar-refractivity contribution in [3.8, 4) is 11.8 Å². The summed E-state index contributed by atoms with van der Waals surface area (Å²) in [5.74, 6) is 0.988. The molecule has 3 aromatic rings. The second-order valence-electron chi connectivity index (χ2n) is 5.44. The largest absolute Gasteiger partial charge is 0.497 e. The van der Waals surface area contributed by atoms with E-state index >= 15 is 0 Å². The molecule has 0 aliphatic carbocycles. The third kappa shape index (κ3) is 4.16. The molecule has 1 heterocycles. The number of nitrogens with one attached hydrogen (secondary N) is 2. The Balaban J connectivity index is 1.67. The Labute approximate surface area is 151 Å². The number of anilines is 3. The molecule has 6 heteroatoms. The summed E-state index contributed by atoms with van der Waals surface area (Å²) in [6, 6.07) is 19.6. The van der Waals surface area contributed by atoms with E-state index in [0.29, 0.717) is 28.4 Å². The van der Waals surface area contributed by atoms with E-state index in [-0.39, 0.29) is 5.91 Å². The monoisotopic (exact) mass is 344 g/mol. The van der Waals surface area contributed by atoms with Crippen LogP contribution >= 0.6 is 0 Å². The molecule has 6 nitrogen and oxygen atoms in total. The number of hydrogen-bond donors (Lipinski definition) is 2. The van der Waals surface area contributed by atoms with Crippen molar-refractivity contribution in [1.82, 2.24) is 4.98 Å². The number of nitriles is 1. The van der Waals surface area contributed by atoms with Crippen molar-refractivity contribution >= 4 is 23.1 Å². The van der Waals surface area contributed by atoms with E-state index in [2.05, 4.69) is 21.7 Å². The van der Waals surface area contributed by atoms with Crippen molar-refractivity contribution < 1.29 is 9.53 Å². The van der Waals surface area contributed by atoms with Crippen LogP contribution in [0.15, 0.2) is 66.9 Å². The molecule has 0 aliphatic rings. The van der Waals surface area contributed by atoms with E-state index < -0.39 is 0 Å². The predicted octanol–water partition coefficient (Wildman–Crippen LogP) is 3.96. The topological polar surface area (TPSA) is 87.0 Å². The minimum atomic E-state index is -0.242. The van der Waals surface area contributed by atoms with Crippen LogP contribution in [-0.4, -0.2) is 18.0 Å². The lowest BCUT2D eigenvalue weighted by molar-refractivity contribution is 0.102. The Kier molecular flexibility index (Phi) is 5.11. The van der Waals surface area contributed by atoms with Gasteiger partial charge in [0.15, 0.2) is 0 Å². The van der Waals surface area contributed by atoms with Crippen molar-refractivity contribution in [3.05, 3.63) is 78.0 Å². The van der Waals surface area contributed by atoms with E-state index in [4.69, 9.17) is 10.00 Å². The second kappa shape index (κ2) is 7.81.